The Labute approximate surface area is 89.1 Å². The fourth-order valence-electron chi connectivity index (χ4n) is 1.03. The monoisotopic (exact) mass is 209 g/mol. The van der Waals surface area contributed by atoms with Crippen molar-refractivity contribution in [2.24, 2.45) is 0 Å². The predicted octanol–water partition coefficient (Wildman–Crippen LogP) is 1.17. The molecule has 1 amide bonds. The van der Waals surface area contributed by atoms with Gasteiger partial charge in [0.1, 0.15) is 11.5 Å². The minimum absolute atomic E-state index is 0.0166. The van der Waals surface area contributed by atoms with Crippen LogP contribution in [0.15, 0.2) is 18.2 Å². The topological polar surface area (TPSA) is 49.8 Å². The van der Waals surface area contributed by atoms with Crippen LogP contribution in [0.1, 0.15) is 5.56 Å². The average Bonchev–Trinajstić information content (AvgIpc) is 2.19. The Balaban J connectivity index is 2.66. The van der Waals surface area contributed by atoms with Crippen molar-refractivity contribution < 1.29 is 14.6 Å². The number of ether oxygens (including phenoxy) is 1. The molecule has 0 heterocycles. The Morgan fingerprint density at radius 2 is 2.13 bits per heavy atom. The van der Waals surface area contributed by atoms with Crippen LogP contribution in [0, 0.1) is 6.92 Å². The molecule has 1 aromatic carbocycles. The van der Waals surface area contributed by atoms with Gasteiger partial charge in [0, 0.05) is 19.7 Å². The number of aromatic hydroxyl groups is 1. The molecule has 0 bridgehead atoms. The van der Waals surface area contributed by atoms with E-state index in [1.807, 2.05) is 0 Å². The molecule has 4 nitrogen and oxygen atoms in total. The first-order chi connectivity index (χ1) is 7.02. The number of hydrogen-bond donors (Lipinski definition) is 1. The molecule has 0 aliphatic rings. The van der Waals surface area contributed by atoms with Gasteiger partial charge in [0.15, 0.2) is 6.61 Å². The fourth-order valence-corrected chi connectivity index (χ4v) is 1.03. The Morgan fingerprint density at radius 1 is 1.47 bits per heavy atom. The molecular weight excluding hydrogens is 194 g/mol. The molecule has 1 rings (SSSR count). The van der Waals surface area contributed by atoms with Gasteiger partial charge >= 0.3 is 0 Å². The Kier molecular flexibility index (Phi) is 3.55. The highest BCUT2D eigenvalue weighted by Gasteiger charge is 2.07. The summed E-state index contributed by atoms with van der Waals surface area (Å²) in [5.74, 6) is 0.591. The molecule has 0 saturated heterocycles. The van der Waals surface area contributed by atoms with Crippen molar-refractivity contribution in [3.63, 3.8) is 0 Å². The highest BCUT2D eigenvalue weighted by Crippen LogP contribution is 2.25. The van der Waals surface area contributed by atoms with Crippen LogP contribution in [0.2, 0.25) is 0 Å². The SMILES string of the molecule is Cc1c(O)cccc1OCC(=O)N(C)C. The highest BCUT2D eigenvalue weighted by molar-refractivity contribution is 5.77. The van der Waals surface area contributed by atoms with Gasteiger partial charge in [-0.2, -0.15) is 0 Å². The zero-order valence-electron chi connectivity index (χ0n) is 9.15. The van der Waals surface area contributed by atoms with E-state index in [1.165, 1.54) is 4.90 Å². The lowest BCUT2D eigenvalue weighted by Gasteiger charge is -2.13. The molecule has 0 radical (unpaired) electrons. The maximum atomic E-state index is 11.3. The molecule has 0 saturated carbocycles. The summed E-state index contributed by atoms with van der Waals surface area (Å²) in [6, 6.07) is 4.98. The molecule has 15 heavy (non-hydrogen) atoms. The zero-order chi connectivity index (χ0) is 11.4. The zero-order valence-corrected chi connectivity index (χ0v) is 9.15. The van der Waals surface area contributed by atoms with Gasteiger partial charge in [-0.25, -0.2) is 0 Å². The van der Waals surface area contributed by atoms with E-state index in [-0.39, 0.29) is 18.3 Å². The molecule has 0 spiro atoms. The molecule has 0 unspecified atom stereocenters. The Bertz CT molecular complexity index is 361. The van der Waals surface area contributed by atoms with Crippen LogP contribution >= 0.6 is 0 Å². The number of rotatable bonds is 3. The maximum Gasteiger partial charge on any atom is 0.259 e. The lowest BCUT2D eigenvalue weighted by molar-refractivity contribution is -0.130. The third-order valence-electron chi connectivity index (χ3n) is 2.11. The van der Waals surface area contributed by atoms with Crippen molar-refractivity contribution in [2.45, 2.75) is 6.92 Å². The van der Waals surface area contributed by atoms with Crippen LogP contribution in [0.5, 0.6) is 11.5 Å². The molecule has 0 aliphatic carbocycles. The van der Waals surface area contributed by atoms with Crippen LogP contribution in [0.4, 0.5) is 0 Å². The number of carbonyl (C=O) groups excluding carboxylic acids is 1. The van der Waals surface area contributed by atoms with Crippen molar-refractivity contribution in [3.05, 3.63) is 23.8 Å². The third-order valence-corrected chi connectivity index (χ3v) is 2.11. The number of amides is 1. The van der Waals surface area contributed by atoms with E-state index in [4.69, 9.17) is 4.74 Å². The largest absolute Gasteiger partial charge is 0.508 e. The van der Waals surface area contributed by atoms with E-state index in [0.29, 0.717) is 11.3 Å². The summed E-state index contributed by atoms with van der Waals surface area (Å²) < 4.78 is 5.29. The summed E-state index contributed by atoms with van der Waals surface area (Å²) in [5.41, 5.74) is 0.643. The Hall–Kier alpha value is -1.71. The van der Waals surface area contributed by atoms with E-state index < -0.39 is 0 Å². The van der Waals surface area contributed by atoms with Crippen LogP contribution < -0.4 is 4.74 Å². The fraction of sp³-hybridized carbons (Fsp3) is 0.364. The first-order valence-electron chi connectivity index (χ1n) is 4.64. The quantitative estimate of drug-likeness (QED) is 0.812. The predicted molar refractivity (Wildman–Crippen MR) is 57.0 cm³/mol. The first kappa shape index (κ1) is 11.4. The molecular formula is C11H15NO3. The molecule has 0 fully saturated rings. The smallest absolute Gasteiger partial charge is 0.259 e. The van der Waals surface area contributed by atoms with Crippen molar-refractivity contribution in [1.82, 2.24) is 4.90 Å². The lowest BCUT2D eigenvalue weighted by atomic mass is 10.2. The summed E-state index contributed by atoms with van der Waals surface area (Å²) in [4.78, 5) is 12.7. The van der Waals surface area contributed by atoms with Crippen LogP contribution in [-0.4, -0.2) is 36.6 Å². The molecule has 1 N–H and O–H groups in total. The van der Waals surface area contributed by atoms with Gasteiger partial charge in [0.05, 0.1) is 0 Å². The number of benzene rings is 1. The number of likely N-dealkylation sites (N-methyl/N-ethyl adjacent to an activating group) is 1. The van der Waals surface area contributed by atoms with Crippen LogP contribution in [0.25, 0.3) is 0 Å². The van der Waals surface area contributed by atoms with Gasteiger partial charge < -0.3 is 14.7 Å². The summed E-state index contributed by atoms with van der Waals surface area (Å²) >= 11 is 0. The van der Waals surface area contributed by atoms with Gasteiger partial charge in [-0.1, -0.05) is 6.07 Å². The summed E-state index contributed by atoms with van der Waals surface area (Å²) in [6.07, 6.45) is 0. The van der Waals surface area contributed by atoms with E-state index in [0.717, 1.165) is 0 Å². The number of carbonyl (C=O) groups is 1. The van der Waals surface area contributed by atoms with E-state index in [2.05, 4.69) is 0 Å². The van der Waals surface area contributed by atoms with Crippen LogP contribution in [0.3, 0.4) is 0 Å². The maximum absolute atomic E-state index is 11.3. The number of nitrogens with zero attached hydrogens (tertiary/aromatic N) is 1. The average molecular weight is 209 g/mol. The molecule has 0 aromatic heterocycles. The van der Waals surface area contributed by atoms with Crippen molar-refractivity contribution in [1.29, 1.82) is 0 Å². The summed E-state index contributed by atoms with van der Waals surface area (Å²) in [6.45, 7) is 1.72. The van der Waals surface area contributed by atoms with Crippen molar-refractivity contribution >= 4 is 5.91 Å². The summed E-state index contributed by atoms with van der Waals surface area (Å²) in [5, 5.41) is 9.40. The molecule has 4 heteroatoms. The minimum atomic E-state index is -0.113. The second-order valence-electron chi connectivity index (χ2n) is 3.48. The molecule has 0 atom stereocenters. The lowest BCUT2D eigenvalue weighted by Crippen LogP contribution is -2.27. The van der Waals surface area contributed by atoms with Gasteiger partial charge in [-0.3, -0.25) is 4.79 Å². The normalized spacial score (nSPS) is 9.80. The van der Waals surface area contributed by atoms with Gasteiger partial charge in [0.2, 0.25) is 0 Å². The van der Waals surface area contributed by atoms with Crippen LogP contribution in [-0.2, 0) is 4.79 Å². The van der Waals surface area contributed by atoms with Crippen molar-refractivity contribution in [2.75, 3.05) is 20.7 Å². The molecule has 0 aliphatic heterocycles. The third kappa shape index (κ3) is 2.87. The van der Waals surface area contributed by atoms with E-state index >= 15 is 0 Å². The van der Waals surface area contributed by atoms with Crippen molar-refractivity contribution in [3.8, 4) is 11.5 Å². The number of phenols is 1. The first-order valence-corrected chi connectivity index (χ1v) is 4.64. The number of phenolic OH excluding ortho intramolecular Hbond substituents is 1. The molecule has 1 aromatic rings. The second-order valence-corrected chi connectivity index (χ2v) is 3.48. The van der Waals surface area contributed by atoms with Gasteiger partial charge in [0.25, 0.3) is 5.91 Å². The van der Waals surface area contributed by atoms with E-state index in [1.54, 1.807) is 39.2 Å². The Morgan fingerprint density at radius 3 is 2.73 bits per heavy atom. The van der Waals surface area contributed by atoms with Gasteiger partial charge in [-0.15, -0.1) is 0 Å². The molecule has 82 valence electrons. The van der Waals surface area contributed by atoms with Gasteiger partial charge in [-0.05, 0) is 19.1 Å². The minimum Gasteiger partial charge on any atom is -0.508 e. The number of hydrogen-bond acceptors (Lipinski definition) is 3. The standard InChI is InChI=1S/C11H15NO3/c1-8-9(13)5-4-6-10(8)15-7-11(14)12(2)3/h4-6,13H,7H2,1-3H3. The summed E-state index contributed by atoms with van der Waals surface area (Å²) in [7, 11) is 3.34. The highest BCUT2D eigenvalue weighted by atomic mass is 16.5. The second kappa shape index (κ2) is 4.68. The van der Waals surface area contributed by atoms with E-state index in [9.17, 15) is 9.90 Å².